The maximum absolute atomic E-state index is 13.1. The lowest BCUT2D eigenvalue weighted by molar-refractivity contribution is -0.379. The van der Waals surface area contributed by atoms with E-state index in [1.165, 1.54) is 0 Å². The topological polar surface area (TPSA) is 307 Å². The van der Waals surface area contributed by atoms with E-state index in [0.717, 1.165) is 89.9 Å². The van der Waals surface area contributed by atoms with Gasteiger partial charge in [-0.2, -0.15) is 0 Å². The normalized spacial score (nSPS) is 31.7. The number of rotatable bonds is 37. The standard InChI is InChI=1S/C57H93NO18/c1-3-5-7-9-10-11-12-13-14-15-16-17-18-19-20-21-22-23-24-25-26-27-28-29-30-31-33-35-45(63)58-40(41(62)34-32-8-6-4-2)39-71-55-51(69)48(66)53(43(37-60)73-55)76-57-52(70)49(67)54(44(38-61)74-57)75-56-50(68)47(65)46(64)42(36-59)72-56/h5,7,10-11,13-14,16-17,19-20,22-23,25-26,32,34,40-44,46-57,59-62,64-70H,3-4,6,8-9,12,15,18,21,24,27-31,33,35-39H2,1-2H3,(H,58,63)/b7-5-,11-10-,14-13-,17-16-,20-19-,23-22-,26-25-,34-32+. The highest BCUT2D eigenvalue weighted by Gasteiger charge is 2.53. The van der Waals surface area contributed by atoms with Gasteiger partial charge < -0.3 is 89.9 Å². The molecule has 0 radical (unpaired) electrons. The summed E-state index contributed by atoms with van der Waals surface area (Å²) in [5, 5.41) is 119. The zero-order valence-corrected chi connectivity index (χ0v) is 44.7. The minimum absolute atomic E-state index is 0.211. The molecule has 19 heteroatoms. The summed E-state index contributed by atoms with van der Waals surface area (Å²) in [6.07, 6.45) is 22.1. The van der Waals surface area contributed by atoms with Crippen molar-refractivity contribution in [3.8, 4) is 0 Å². The molecule has 3 aliphatic rings. The Morgan fingerprint density at radius 1 is 0.487 bits per heavy atom. The van der Waals surface area contributed by atoms with Crippen molar-refractivity contribution in [3.05, 3.63) is 97.2 Å². The van der Waals surface area contributed by atoms with E-state index in [9.17, 15) is 61.0 Å². The first kappa shape index (κ1) is 67.0. The molecule has 17 unspecified atom stereocenters. The van der Waals surface area contributed by atoms with Gasteiger partial charge in [-0.3, -0.25) is 4.79 Å². The van der Waals surface area contributed by atoms with Crippen LogP contribution < -0.4 is 5.32 Å². The number of aliphatic hydroxyl groups excluding tert-OH is 11. The molecule has 17 atom stereocenters. The van der Waals surface area contributed by atoms with Crippen LogP contribution in [0.5, 0.6) is 0 Å². The minimum atomic E-state index is -1.98. The first-order valence-electron chi connectivity index (χ1n) is 27.5. The average molecular weight is 1080 g/mol. The summed E-state index contributed by atoms with van der Waals surface area (Å²) in [6, 6.07) is -0.986. The Bertz CT molecular complexity index is 1770. The SMILES string of the molecule is CC/C=C\C/C=C\C/C=C\C/C=C\C/C=C\C/C=C\C/C=C\CCCCCCCC(=O)NC(COC1OC(CO)C(OC2OC(CO)C(OC3OC(CO)C(O)C(O)C3O)C(O)C2O)C(O)C1O)C(O)/C=C/CCCC. The van der Waals surface area contributed by atoms with Crippen LogP contribution in [-0.2, 0) is 33.2 Å². The van der Waals surface area contributed by atoms with Gasteiger partial charge in [-0.05, 0) is 70.6 Å². The van der Waals surface area contributed by atoms with E-state index in [1.54, 1.807) is 12.2 Å². The molecule has 3 heterocycles. The third kappa shape index (κ3) is 24.4. The van der Waals surface area contributed by atoms with Gasteiger partial charge in [-0.15, -0.1) is 0 Å². The average Bonchev–Trinajstić information content (AvgIpc) is 3.42. The van der Waals surface area contributed by atoms with Crippen LogP contribution in [-0.4, -0.2) is 193 Å². The summed E-state index contributed by atoms with van der Waals surface area (Å²) in [5.41, 5.74) is 0. The largest absolute Gasteiger partial charge is 0.394 e. The van der Waals surface area contributed by atoms with Crippen molar-refractivity contribution in [1.29, 1.82) is 0 Å². The maximum atomic E-state index is 13.1. The highest BCUT2D eigenvalue weighted by Crippen LogP contribution is 2.33. The van der Waals surface area contributed by atoms with E-state index >= 15 is 0 Å². The number of carbonyl (C=O) groups is 1. The van der Waals surface area contributed by atoms with Gasteiger partial charge in [0.05, 0.1) is 38.6 Å². The van der Waals surface area contributed by atoms with Crippen LogP contribution in [0.2, 0.25) is 0 Å². The molecule has 0 aromatic rings. The number of ether oxygens (including phenoxy) is 6. The molecule has 3 fully saturated rings. The number of allylic oxidation sites excluding steroid dienone is 15. The lowest BCUT2D eigenvalue weighted by Gasteiger charge is -2.48. The monoisotopic (exact) mass is 1080 g/mol. The molecule has 0 bridgehead atoms. The minimum Gasteiger partial charge on any atom is -0.394 e. The Hall–Kier alpha value is -3.29. The third-order valence-electron chi connectivity index (χ3n) is 13.1. The van der Waals surface area contributed by atoms with Crippen LogP contribution in [0.3, 0.4) is 0 Å². The quantitative estimate of drug-likeness (QED) is 0.0313. The molecule has 76 heavy (non-hydrogen) atoms. The fraction of sp³-hybridized carbons (Fsp3) is 0.702. The fourth-order valence-electron chi connectivity index (χ4n) is 8.56. The van der Waals surface area contributed by atoms with Gasteiger partial charge in [0, 0.05) is 6.42 Å². The number of hydrogen-bond acceptors (Lipinski definition) is 18. The molecule has 19 nitrogen and oxygen atoms in total. The van der Waals surface area contributed by atoms with Crippen molar-refractivity contribution in [1.82, 2.24) is 5.32 Å². The molecule has 3 aliphatic heterocycles. The molecular weight excluding hydrogens is 987 g/mol. The van der Waals surface area contributed by atoms with Crippen molar-refractivity contribution in [2.75, 3.05) is 26.4 Å². The fourth-order valence-corrected chi connectivity index (χ4v) is 8.56. The molecule has 1 amide bonds. The van der Waals surface area contributed by atoms with Gasteiger partial charge in [0.25, 0.3) is 0 Å². The van der Waals surface area contributed by atoms with E-state index in [-0.39, 0.29) is 18.9 Å². The maximum Gasteiger partial charge on any atom is 0.220 e. The molecule has 12 N–H and O–H groups in total. The highest BCUT2D eigenvalue weighted by molar-refractivity contribution is 5.76. The predicted octanol–water partition coefficient (Wildman–Crippen LogP) is 3.42. The van der Waals surface area contributed by atoms with E-state index in [2.05, 4.69) is 97.3 Å². The Labute approximate surface area is 450 Å². The Morgan fingerprint density at radius 3 is 1.41 bits per heavy atom. The zero-order valence-electron chi connectivity index (χ0n) is 44.7. The summed E-state index contributed by atoms with van der Waals surface area (Å²) in [6.45, 7) is 1.37. The van der Waals surface area contributed by atoms with Crippen LogP contribution >= 0.6 is 0 Å². The van der Waals surface area contributed by atoms with Crippen molar-refractivity contribution in [2.45, 2.75) is 227 Å². The Kier molecular flexibility index (Phi) is 35.2. The molecular formula is C57H93NO18. The van der Waals surface area contributed by atoms with Gasteiger partial charge in [0.1, 0.15) is 73.2 Å². The second kappa shape index (κ2) is 40.0. The molecule has 0 saturated carbocycles. The van der Waals surface area contributed by atoms with E-state index in [1.807, 2.05) is 6.92 Å². The lowest BCUT2D eigenvalue weighted by Crippen LogP contribution is -2.66. The van der Waals surface area contributed by atoms with Gasteiger partial charge in [0.2, 0.25) is 5.91 Å². The number of nitrogens with one attached hydrogen (secondary N) is 1. The van der Waals surface area contributed by atoms with Crippen molar-refractivity contribution in [2.24, 2.45) is 0 Å². The van der Waals surface area contributed by atoms with Gasteiger partial charge >= 0.3 is 0 Å². The second-order valence-corrected chi connectivity index (χ2v) is 19.3. The van der Waals surface area contributed by atoms with E-state index in [4.69, 9.17) is 28.4 Å². The number of amides is 1. The molecule has 434 valence electrons. The number of hydrogen-bond donors (Lipinski definition) is 12. The second-order valence-electron chi connectivity index (χ2n) is 19.3. The van der Waals surface area contributed by atoms with Crippen molar-refractivity contribution < 1.29 is 89.4 Å². The van der Waals surface area contributed by atoms with Crippen molar-refractivity contribution >= 4 is 5.91 Å². The summed E-state index contributed by atoms with van der Waals surface area (Å²) in [5.74, 6) is -0.311. The summed E-state index contributed by atoms with van der Waals surface area (Å²) < 4.78 is 33.9. The Balaban J connectivity index is 1.39. The lowest BCUT2D eigenvalue weighted by atomic mass is 9.96. The molecule has 0 aliphatic carbocycles. The third-order valence-corrected chi connectivity index (χ3v) is 13.1. The van der Waals surface area contributed by atoms with Crippen LogP contribution in [0.4, 0.5) is 0 Å². The predicted molar refractivity (Wildman–Crippen MR) is 286 cm³/mol. The van der Waals surface area contributed by atoms with Gasteiger partial charge in [0.15, 0.2) is 18.9 Å². The van der Waals surface area contributed by atoms with Gasteiger partial charge in [-0.1, -0.05) is 143 Å². The molecule has 0 aromatic heterocycles. The van der Waals surface area contributed by atoms with Crippen LogP contribution in [0.15, 0.2) is 97.2 Å². The number of aliphatic hydroxyl groups is 11. The molecule has 0 spiro atoms. The van der Waals surface area contributed by atoms with Crippen LogP contribution in [0.1, 0.15) is 123 Å². The molecule has 3 rings (SSSR count). The van der Waals surface area contributed by atoms with E-state index in [0.29, 0.717) is 12.8 Å². The smallest absolute Gasteiger partial charge is 0.220 e. The molecule has 0 aromatic carbocycles. The number of unbranched alkanes of at least 4 members (excludes halogenated alkanes) is 7. The van der Waals surface area contributed by atoms with Crippen LogP contribution in [0, 0.1) is 0 Å². The summed E-state index contributed by atoms with van der Waals surface area (Å²) in [4.78, 5) is 13.1. The first-order chi connectivity index (χ1) is 36.8. The number of carbonyl (C=O) groups excluding carboxylic acids is 1. The van der Waals surface area contributed by atoms with Crippen LogP contribution in [0.25, 0.3) is 0 Å². The first-order valence-corrected chi connectivity index (χ1v) is 27.5. The Morgan fingerprint density at radius 2 is 0.908 bits per heavy atom. The summed E-state index contributed by atoms with van der Waals surface area (Å²) >= 11 is 0. The molecule has 3 saturated heterocycles. The highest BCUT2D eigenvalue weighted by atomic mass is 16.8. The van der Waals surface area contributed by atoms with Crippen molar-refractivity contribution in [3.63, 3.8) is 0 Å². The van der Waals surface area contributed by atoms with Gasteiger partial charge in [-0.25, -0.2) is 0 Å². The summed E-state index contributed by atoms with van der Waals surface area (Å²) in [7, 11) is 0. The van der Waals surface area contributed by atoms with E-state index < -0.39 is 124 Å². The zero-order chi connectivity index (χ0) is 55.5.